The topological polar surface area (TPSA) is 67.8 Å². The summed E-state index contributed by atoms with van der Waals surface area (Å²) in [7, 11) is 0. The second-order valence-electron chi connectivity index (χ2n) is 6.08. The first-order valence-corrected chi connectivity index (χ1v) is 6.77. The van der Waals surface area contributed by atoms with E-state index in [2.05, 4.69) is 25.9 Å². The van der Waals surface area contributed by atoms with Gasteiger partial charge in [-0.25, -0.2) is 0 Å². The van der Waals surface area contributed by atoms with Crippen molar-refractivity contribution in [1.82, 2.24) is 9.90 Å². The van der Waals surface area contributed by atoms with Crippen molar-refractivity contribution in [1.29, 1.82) is 0 Å². The molecule has 1 aromatic heterocycles. The van der Waals surface area contributed by atoms with Gasteiger partial charge >= 0.3 is 29.6 Å². The first-order chi connectivity index (χ1) is 9.88. The number of benzene rings is 2. The van der Waals surface area contributed by atoms with Crippen molar-refractivity contribution in [2.45, 2.75) is 26.2 Å². The minimum absolute atomic E-state index is 0. The molecule has 0 spiro atoms. The van der Waals surface area contributed by atoms with Crippen LogP contribution < -0.4 is 39.5 Å². The standard InChI is InChI=1S/C16H17N3O2.Na/c1-16(2,3)11-8-9-15(20)14(10-11)18-17-12-6-4-5-7-13(12)19(18)21;/h4-10,20H,1-3H3;/q;+1/p-1. The summed E-state index contributed by atoms with van der Waals surface area (Å²) >= 11 is 0. The average Bonchev–Trinajstić information content (AvgIpc) is 2.76. The molecule has 0 fully saturated rings. The van der Waals surface area contributed by atoms with E-state index in [1.807, 2.05) is 6.07 Å². The summed E-state index contributed by atoms with van der Waals surface area (Å²) in [5, 5.41) is 28.7. The molecular formula is C16H16N3NaO2. The Morgan fingerprint density at radius 1 is 1.09 bits per heavy atom. The third-order valence-electron chi connectivity index (χ3n) is 3.50. The summed E-state index contributed by atoms with van der Waals surface area (Å²) in [6.07, 6.45) is 0. The molecule has 0 N–H and O–H groups in total. The minimum atomic E-state index is -0.222. The van der Waals surface area contributed by atoms with Crippen molar-refractivity contribution in [2.75, 3.05) is 0 Å². The zero-order valence-corrected chi connectivity index (χ0v) is 15.2. The Balaban J connectivity index is 0.00000176. The molecule has 0 bridgehead atoms. The van der Waals surface area contributed by atoms with E-state index in [0.29, 0.717) is 15.9 Å². The van der Waals surface area contributed by atoms with E-state index >= 15 is 0 Å². The zero-order valence-electron chi connectivity index (χ0n) is 13.2. The molecular weight excluding hydrogens is 289 g/mol. The van der Waals surface area contributed by atoms with Crippen LogP contribution in [0.5, 0.6) is 5.75 Å². The second kappa shape index (κ2) is 5.91. The molecule has 22 heavy (non-hydrogen) atoms. The molecule has 0 saturated heterocycles. The van der Waals surface area contributed by atoms with Gasteiger partial charge in [0.25, 0.3) is 0 Å². The number of para-hydroxylation sites is 1. The van der Waals surface area contributed by atoms with E-state index in [0.717, 1.165) is 10.4 Å². The molecule has 2 aromatic carbocycles. The Hall–Kier alpha value is -1.56. The van der Waals surface area contributed by atoms with Crippen molar-refractivity contribution < 1.29 is 39.5 Å². The first-order valence-electron chi connectivity index (χ1n) is 6.77. The monoisotopic (exact) mass is 305 g/mol. The summed E-state index contributed by atoms with van der Waals surface area (Å²) in [6.45, 7) is 6.17. The predicted octanol–water partition coefficient (Wildman–Crippen LogP) is -0.966. The van der Waals surface area contributed by atoms with Gasteiger partial charge in [-0.1, -0.05) is 50.8 Å². The average molecular weight is 305 g/mol. The number of hydrogen-bond donors (Lipinski definition) is 0. The van der Waals surface area contributed by atoms with Crippen LogP contribution in [0.15, 0.2) is 42.5 Å². The molecule has 0 atom stereocenters. The van der Waals surface area contributed by atoms with Crippen LogP contribution >= 0.6 is 0 Å². The van der Waals surface area contributed by atoms with Gasteiger partial charge in [0.1, 0.15) is 5.69 Å². The van der Waals surface area contributed by atoms with Crippen LogP contribution in [0.25, 0.3) is 16.7 Å². The summed E-state index contributed by atoms with van der Waals surface area (Å²) in [5.74, 6) is -0.222. The molecule has 0 radical (unpaired) electrons. The van der Waals surface area contributed by atoms with E-state index in [9.17, 15) is 10.3 Å². The van der Waals surface area contributed by atoms with Gasteiger partial charge in [-0.3, -0.25) is 0 Å². The number of fused-ring (bicyclic) bond motifs is 1. The van der Waals surface area contributed by atoms with Crippen LogP contribution in [0.4, 0.5) is 0 Å². The summed E-state index contributed by atoms with van der Waals surface area (Å²) in [6, 6.07) is 12.0. The van der Waals surface area contributed by atoms with E-state index < -0.39 is 0 Å². The Bertz CT molecular complexity index is 822. The van der Waals surface area contributed by atoms with Crippen molar-refractivity contribution in [3.8, 4) is 11.4 Å². The van der Waals surface area contributed by atoms with Gasteiger partial charge in [0, 0.05) is 0 Å². The van der Waals surface area contributed by atoms with Gasteiger partial charge in [0.15, 0.2) is 0 Å². The normalized spacial score (nSPS) is 11.4. The fourth-order valence-electron chi connectivity index (χ4n) is 2.25. The van der Waals surface area contributed by atoms with E-state index in [1.165, 1.54) is 6.07 Å². The van der Waals surface area contributed by atoms with Crippen LogP contribution in [0.1, 0.15) is 26.3 Å². The number of nitrogens with zero attached hydrogens (tertiary/aromatic N) is 3. The fourth-order valence-corrected chi connectivity index (χ4v) is 2.25. The third-order valence-corrected chi connectivity index (χ3v) is 3.50. The molecule has 3 rings (SSSR count). The summed E-state index contributed by atoms with van der Waals surface area (Å²) in [5.41, 5.74) is 2.15. The summed E-state index contributed by atoms with van der Waals surface area (Å²) in [4.78, 5) is 1.78. The Morgan fingerprint density at radius 2 is 1.77 bits per heavy atom. The zero-order chi connectivity index (χ0) is 15.2. The van der Waals surface area contributed by atoms with Gasteiger partial charge < -0.3 is 10.3 Å². The van der Waals surface area contributed by atoms with E-state index in [4.69, 9.17) is 0 Å². The molecule has 0 aliphatic rings. The van der Waals surface area contributed by atoms with Crippen molar-refractivity contribution in [2.24, 2.45) is 0 Å². The van der Waals surface area contributed by atoms with Gasteiger partial charge in [-0.05, 0) is 34.0 Å². The largest absolute Gasteiger partial charge is 1.00 e. The smallest absolute Gasteiger partial charge is 0.871 e. The predicted molar refractivity (Wildman–Crippen MR) is 78.2 cm³/mol. The maximum absolute atomic E-state index is 12.3. The fraction of sp³-hybridized carbons (Fsp3) is 0.250. The van der Waals surface area contributed by atoms with E-state index in [-0.39, 0.29) is 46.4 Å². The van der Waals surface area contributed by atoms with Crippen LogP contribution in [-0.2, 0) is 5.41 Å². The van der Waals surface area contributed by atoms with Gasteiger partial charge in [-0.15, -0.1) is 4.85 Å². The molecule has 0 saturated carbocycles. The minimum Gasteiger partial charge on any atom is -0.871 e. The Kier molecular flexibility index (Phi) is 4.52. The second-order valence-corrected chi connectivity index (χ2v) is 6.08. The molecule has 6 heteroatoms. The Morgan fingerprint density at radius 3 is 2.41 bits per heavy atom. The molecule has 108 valence electrons. The molecule has 3 aromatic rings. The van der Waals surface area contributed by atoms with Gasteiger partial charge in [0.2, 0.25) is 11.0 Å². The molecule has 5 nitrogen and oxygen atoms in total. The van der Waals surface area contributed by atoms with Crippen LogP contribution in [-0.4, -0.2) is 9.90 Å². The SMILES string of the molecule is CC(C)(C)c1ccc([O-])c(-n2nc3ccccc3[n+]2[O-])c1.[Na+]. The van der Waals surface area contributed by atoms with E-state index in [1.54, 1.807) is 30.3 Å². The van der Waals surface area contributed by atoms with Gasteiger partial charge in [0.05, 0.1) is 5.10 Å². The van der Waals surface area contributed by atoms with Crippen LogP contribution in [0.2, 0.25) is 0 Å². The first kappa shape index (κ1) is 16.8. The number of rotatable bonds is 1. The van der Waals surface area contributed by atoms with Crippen molar-refractivity contribution in [3.63, 3.8) is 0 Å². The Labute approximate surface area is 151 Å². The molecule has 0 aliphatic carbocycles. The third kappa shape index (κ3) is 2.84. The van der Waals surface area contributed by atoms with Crippen LogP contribution in [0, 0.1) is 5.21 Å². The van der Waals surface area contributed by atoms with Crippen molar-refractivity contribution >= 4 is 11.0 Å². The number of hydrogen-bond acceptors (Lipinski definition) is 3. The maximum atomic E-state index is 12.3. The molecule has 0 aliphatic heterocycles. The van der Waals surface area contributed by atoms with Crippen LogP contribution in [0.3, 0.4) is 0 Å². The van der Waals surface area contributed by atoms with Gasteiger partial charge in [-0.2, -0.15) is 0 Å². The number of aromatic nitrogens is 3. The summed E-state index contributed by atoms with van der Waals surface area (Å²) < 4.78 is 0. The quantitative estimate of drug-likeness (QED) is 0.330. The molecule has 1 heterocycles. The molecule has 0 amide bonds. The molecule has 0 unspecified atom stereocenters. The maximum Gasteiger partial charge on any atom is 1.00 e. The van der Waals surface area contributed by atoms with Crippen molar-refractivity contribution in [3.05, 3.63) is 53.2 Å².